The highest BCUT2D eigenvalue weighted by Crippen LogP contribution is 2.28. The molecule has 1 N–H and O–H groups in total. The minimum absolute atomic E-state index is 0.0312. The predicted octanol–water partition coefficient (Wildman–Crippen LogP) is 2.23. The van der Waals surface area contributed by atoms with Gasteiger partial charge in [-0.25, -0.2) is 0 Å². The van der Waals surface area contributed by atoms with Crippen LogP contribution in [0.3, 0.4) is 0 Å². The zero-order chi connectivity index (χ0) is 15.4. The van der Waals surface area contributed by atoms with E-state index in [1.807, 2.05) is 18.2 Å². The normalized spacial score (nSPS) is 21.8. The van der Waals surface area contributed by atoms with Crippen molar-refractivity contribution in [2.45, 2.75) is 38.6 Å². The van der Waals surface area contributed by atoms with Gasteiger partial charge < -0.3 is 15.0 Å². The van der Waals surface area contributed by atoms with Crippen LogP contribution >= 0.6 is 0 Å². The molecule has 0 radical (unpaired) electrons. The number of hydrogen-bond donors (Lipinski definition) is 1. The Morgan fingerprint density at radius 3 is 2.86 bits per heavy atom. The average molecular weight is 302 g/mol. The van der Waals surface area contributed by atoms with Crippen molar-refractivity contribution in [2.24, 2.45) is 5.92 Å². The van der Waals surface area contributed by atoms with Crippen LogP contribution in [0.4, 0.5) is 0 Å². The van der Waals surface area contributed by atoms with Crippen molar-refractivity contribution in [2.75, 3.05) is 26.2 Å². The van der Waals surface area contributed by atoms with Crippen LogP contribution in [-0.2, 0) is 11.2 Å². The summed E-state index contributed by atoms with van der Waals surface area (Å²) in [6.45, 7) is 5.56. The second-order valence-electron chi connectivity index (χ2n) is 6.33. The third-order valence-electron chi connectivity index (χ3n) is 4.73. The number of para-hydroxylation sites is 1. The summed E-state index contributed by atoms with van der Waals surface area (Å²) >= 11 is 0. The third-order valence-corrected chi connectivity index (χ3v) is 4.73. The van der Waals surface area contributed by atoms with Crippen molar-refractivity contribution >= 4 is 5.91 Å². The van der Waals surface area contributed by atoms with E-state index in [0.717, 1.165) is 56.6 Å². The number of ether oxygens (including phenoxy) is 1. The second kappa shape index (κ2) is 7.14. The van der Waals surface area contributed by atoms with E-state index in [1.165, 1.54) is 0 Å². The Balaban J connectivity index is 1.70. The van der Waals surface area contributed by atoms with E-state index >= 15 is 0 Å². The first-order valence-electron chi connectivity index (χ1n) is 8.51. The van der Waals surface area contributed by atoms with Gasteiger partial charge >= 0.3 is 0 Å². The highest BCUT2D eigenvalue weighted by molar-refractivity contribution is 5.80. The number of benzene rings is 1. The minimum Gasteiger partial charge on any atom is -0.492 e. The monoisotopic (exact) mass is 302 g/mol. The number of nitrogens with zero attached hydrogens (tertiary/aromatic N) is 1. The zero-order valence-electron chi connectivity index (χ0n) is 13.4. The standard InChI is InChI=1S/C18H26N2O2/c1-2-11-20(16-7-9-19-10-8-16)18(21)15-12-14-5-3-4-6-17(14)22-13-15/h3-6,15-16,19H,2,7-13H2,1H3. The molecular weight excluding hydrogens is 276 g/mol. The van der Waals surface area contributed by atoms with Gasteiger partial charge in [-0.15, -0.1) is 0 Å². The van der Waals surface area contributed by atoms with Gasteiger partial charge in [0.25, 0.3) is 0 Å². The number of fused-ring (bicyclic) bond motifs is 1. The number of carbonyl (C=O) groups is 1. The van der Waals surface area contributed by atoms with E-state index in [-0.39, 0.29) is 11.8 Å². The third kappa shape index (κ3) is 3.27. The summed E-state index contributed by atoms with van der Waals surface area (Å²) in [4.78, 5) is 15.2. The summed E-state index contributed by atoms with van der Waals surface area (Å²) in [5.74, 6) is 1.19. The first-order chi connectivity index (χ1) is 10.8. The van der Waals surface area contributed by atoms with E-state index in [0.29, 0.717) is 12.6 Å². The largest absolute Gasteiger partial charge is 0.492 e. The van der Waals surface area contributed by atoms with Crippen LogP contribution in [0.25, 0.3) is 0 Å². The van der Waals surface area contributed by atoms with Crippen LogP contribution in [0.1, 0.15) is 31.7 Å². The molecule has 120 valence electrons. The Bertz CT molecular complexity index is 512. The molecule has 0 aromatic heterocycles. The van der Waals surface area contributed by atoms with Gasteiger partial charge in [-0.05, 0) is 50.4 Å². The maximum atomic E-state index is 13.0. The number of hydrogen-bond acceptors (Lipinski definition) is 3. The number of carbonyl (C=O) groups excluding carboxylic acids is 1. The fourth-order valence-electron chi connectivity index (χ4n) is 3.55. The molecule has 4 nitrogen and oxygen atoms in total. The van der Waals surface area contributed by atoms with Crippen molar-refractivity contribution in [1.82, 2.24) is 10.2 Å². The lowest BCUT2D eigenvalue weighted by atomic mass is 9.94. The lowest BCUT2D eigenvalue weighted by Crippen LogP contribution is -2.50. The van der Waals surface area contributed by atoms with E-state index in [2.05, 4.69) is 23.2 Å². The highest BCUT2D eigenvalue weighted by atomic mass is 16.5. The fourth-order valence-corrected chi connectivity index (χ4v) is 3.55. The molecular formula is C18H26N2O2. The maximum Gasteiger partial charge on any atom is 0.229 e. The van der Waals surface area contributed by atoms with E-state index in [4.69, 9.17) is 4.74 Å². The van der Waals surface area contributed by atoms with Crippen molar-refractivity contribution in [1.29, 1.82) is 0 Å². The molecule has 0 bridgehead atoms. The smallest absolute Gasteiger partial charge is 0.229 e. The molecule has 0 saturated carbocycles. The van der Waals surface area contributed by atoms with Crippen LogP contribution in [0.15, 0.2) is 24.3 Å². The number of amides is 1. The zero-order valence-corrected chi connectivity index (χ0v) is 13.4. The molecule has 1 aromatic carbocycles. The molecule has 4 heteroatoms. The van der Waals surface area contributed by atoms with Crippen LogP contribution in [0.2, 0.25) is 0 Å². The highest BCUT2D eigenvalue weighted by Gasteiger charge is 2.32. The van der Waals surface area contributed by atoms with Crippen LogP contribution in [0.5, 0.6) is 5.75 Å². The Morgan fingerprint density at radius 1 is 1.32 bits per heavy atom. The molecule has 1 saturated heterocycles. The van der Waals surface area contributed by atoms with Gasteiger partial charge in [-0.3, -0.25) is 4.79 Å². The summed E-state index contributed by atoms with van der Waals surface area (Å²) in [5.41, 5.74) is 1.16. The first-order valence-corrected chi connectivity index (χ1v) is 8.51. The lowest BCUT2D eigenvalue weighted by Gasteiger charge is -2.37. The van der Waals surface area contributed by atoms with Gasteiger partial charge in [0, 0.05) is 12.6 Å². The van der Waals surface area contributed by atoms with Gasteiger partial charge in [-0.2, -0.15) is 0 Å². The van der Waals surface area contributed by atoms with E-state index in [1.54, 1.807) is 0 Å². The Hall–Kier alpha value is -1.55. The SMILES string of the molecule is CCCN(C(=O)C1COc2ccccc2C1)C1CCNCC1. The fraction of sp³-hybridized carbons (Fsp3) is 0.611. The summed E-state index contributed by atoms with van der Waals surface area (Å²) in [5, 5.41) is 3.38. The van der Waals surface area contributed by atoms with Gasteiger partial charge in [-0.1, -0.05) is 25.1 Å². The first kappa shape index (κ1) is 15.3. The van der Waals surface area contributed by atoms with E-state index < -0.39 is 0 Å². The molecule has 1 amide bonds. The van der Waals surface area contributed by atoms with Gasteiger partial charge in [0.2, 0.25) is 5.91 Å². The second-order valence-corrected chi connectivity index (χ2v) is 6.33. The molecule has 2 aliphatic rings. The van der Waals surface area contributed by atoms with Crippen LogP contribution < -0.4 is 10.1 Å². The molecule has 2 aliphatic heterocycles. The summed E-state index contributed by atoms with van der Waals surface area (Å²) in [6, 6.07) is 8.46. The summed E-state index contributed by atoms with van der Waals surface area (Å²) in [6.07, 6.45) is 3.95. The minimum atomic E-state index is -0.0312. The molecule has 1 aromatic rings. The van der Waals surface area contributed by atoms with Crippen LogP contribution in [0, 0.1) is 5.92 Å². The number of rotatable bonds is 4. The molecule has 3 rings (SSSR count). The van der Waals surface area contributed by atoms with Gasteiger partial charge in [0.15, 0.2) is 0 Å². The van der Waals surface area contributed by atoms with Crippen molar-refractivity contribution in [3.05, 3.63) is 29.8 Å². The average Bonchev–Trinajstić information content (AvgIpc) is 2.59. The number of nitrogens with one attached hydrogen (secondary N) is 1. The molecule has 1 atom stereocenters. The summed E-state index contributed by atoms with van der Waals surface area (Å²) < 4.78 is 5.81. The molecule has 1 unspecified atom stereocenters. The Labute approximate surface area is 132 Å². The quantitative estimate of drug-likeness (QED) is 0.927. The maximum absolute atomic E-state index is 13.0. The van der Waals surface area contributed by atoms with Crippen molar-refractivity contribution in [3.8, 4) is 5.75 Å². The van der Waals surface area contributed by atoms with E-state index in [9.17, 15) is 4.79 Å². The lowest BCUT2D eigenvalue weighted by molar-refractivity contribution is -0.140. The topological polar surface area (TPSA) is 41.6 Å². The molecule has 2 heterocycles. The molecule has 1 fully saturated rings. The molecule has 22 heavy (non-hydrogen) atoms. The molecule has 0 spiro atoms. The predicted molar refractivity (Wildman–Crippen MR) is 87.0 cm³/mol. The van der Waals surface area contributed by atoms with Crippen molar-refractivity contribution < 1.29 is 9.53 Å². The number of piperidine rings is 1. The molecule has 0 aliphatic carbocycles. The van der Waals surface area contributed by atoms with Crippen LogP contribution in [-0.4, -0.2) is 43.1 Å². The Kier molecular flexibility index (Phi) is 4.98. The Morgan fingerprint density at radius 2 is 2.09 bits per heavy atom. The van der Waals surface area contributed by atoms with Gasteiger partial charge in [0.05, 0.1) is 5.92 Å². The van der Waals surface area contributed by atoms with Crippen molar-refractivity contribution in [3.63, 3.8) is 0 Å². The van der Waals surface area contributed by atoms with Gasteiger partial charge in [0.1, 0.15) is 12.4 Å². The summed E-state index contributed by atoms with van der Waals surface area (Å²) in [7, 11) is 0.